The summed E-state index contributed by atoms with van der Waals surface area (Å²) in [6.45, 7) is 6.34. The Morgan fingerprint density at radius 1 is 1.33 bits per heavy atom. The highest BCUT2D eigenvalue weighted by Gasteiger charge is 2.18. The average Bonchev–Trinajstić information content (AvgIpc) is 2.40. The maximum absolute atomic E-state index is 11.9. The SMILES string of the molecule is CC(C)CCNC(=O)C(C)Oc1c(Cl)cc(Cl)cc1C=O. The van der Waals surface area contributed by atoms with E-state index in [2.05, 4.69) is 19.2 Å². The van der Waals surface area contributed by atoms with E-state index in [0.29, 0.717) is 23.8 Å². The Kier molecular flexibility index (Phi) is 6.99. The Labute approximate surface area is 134 Å². The van der Waals surface area contributed by atoms with Gasteiger partial charge in [0.15, 0.2) is 12.4 Å². The molecule has 0 radical (unpaired) electrons. The lowest BCUT2D eigenvalue weighted by molar-refractivity contribution is -0.127. The quantitative estimate of drug-likeness (QED) is 0.774. The summed E-state index contributed by atoms with van der Waals surface area (Å²) in [6.07, 6.45) is 0.727. The Morgan fingerprint density at radius 3 is 2.57 bits per heavy atom. The molecule has 1 atom stereocenters. The van der Waals surface area contributed by atoms with Gasteiger partial charge in [0.25, 0.3) is 5.91 Å². The van der Waals surface area contributed by atoms with Crippen LogP contribution in [0.25, 0.3) is 0 Å². The van der Waals surface area contributed by atoms with E-state index in [1.54, 1.807) is 6.92 Å². The van der Waals surface area contributed by atoms with Crippen molar-refractivity contribution in [1.29, 1.82) is 0 Å². The van der Waals surface area contributed by atoms with Gasteiger partial charge in [0.2, 0.25) is 0 Å². The first-order valence-electron chi connectivity index (χ1n) is 6.73. The van der Waals surface area contributed by atoms with Crippen LogP contribution in [0.4, 0.5) is 0 Å². The number of ether oxygens (including phenoxy) is 1. The molecule has 0 fully saturated rings. The molecule has 1 unspecified atom stereocenters. The summed E-state index contributed by atoms with van der Waals surface area (Å²) in [7, 11) is 0. The molecule has 1 amide bonds. The van der Waals surface area contributed by atoms with Crippen molar-refractivity contribution in [1.82, 2.24) is 5.32 Å². The number of nitrogens with one attached hydrogen (secondary N) is 1. The highest BCUT2D eigenvalue weighted by atomic mass is 35.5. The van der Waals surface area contributed by atoms with Gasteiger partial charge in [-0.15, -0.1) is 0 Å². The summed E-state index contributed by atoms with van der Waals surface area (Å²) >= 11 is 11.8. The van der Waals surface area contributed by atoms with Gasteiger partial charge in [-0.1, -0.05) is 37.0 Å². The van der Waals surface area contributed by atoms with Gasteiger partial charge in [0, 0.05) is 11.6 Å². The van der Waals surface area contributed by atoms with Crippen molar-refractivity contribution in [2.45, 2.75) is 33.3 Å². The first-order valence-corrected chi connectivity index (χ1v) is 7.49. The van der Waals surface area contributed by atoms with Gasteiger partial charge in [-0.3, -0.25) is 9.59 Å². The summed E-state index contributed by atoms with van der Waals surface area (Å²) in [4.78, 5) is 22.9. The maximum atomic E-state index is 11.9. The molecule has 0 aliphatic rings. The second-order valence-corrected chi connectivity index (χ2v) is 6.00. The highest BCUT2D eigenvalue weighted by molar-refractivity contribution is 6.36. The highest BCUT2D eigenvalue weighted by Crippen LogP contribution is 2.32. The second kappa shape index (κ2) is 8.25. The summed E-state index contributed by atoms with van der Waals surface area (Å²) < 4.78 is 5.51. The molecule has 0 heterocycles. The van der Waals surface area contributed by atoms with E-state index in [1.165, 1.54) is 12.1 Å². The van der Waals surface area contributed by atoms with Gasteiger partial charge < -0.3 is 10.1 Å². The van der Waals surface area contributed by atoms with Crippen molar-refractivity contribution >= 4 is 35.4 Å². The lowest BCUT2D eigenvalue weighted by Crippen LogP contribution is -2.37. The number of rotatable bonds is 7. The third-order valence-corrected chi connectivity index (χ3v) is 3.35. The molecule has 0 saturated heterocycles. The zero-order chi connectivity index (χ0) is 16.0. The van der Waals surface area contributed by atoms with Crippen LogP contribution in [-0.2, 0) is 4.79 Å². The molecule has 0 aliphatic heterocycles. The van der Waals surface area contributed by atoms with E-state index in [4.69, 9.17) is 27.9 Å². The summed E-state index contributed by atoms with van der Waals surface area (Å²) in [6, 6.07) is 2.91. The van der Waals surface area contributed by atoms with Crippen LogP contribution in [0.1, 0.15) is 37.6 Å². The van der Waals surface area contributed by atoms with E-state index in [0.717, 1.165) is 6.42 Å². The van der Waals surface area contributed by atoms with Crippen molar-refractivity contribution < 1.29 is 14.3 Å². The molecule has 116 valence electrons. The molecule has 1 aromatic carbocycles. The molecular weight excluding hydrogens is 313 g/mol. The Bertz CT molecular complexity index is 518. The Morgan fingerprint density at radius 2 is 2.00 bits per heavy atom. The zero-order valence-electron chi connectivity index (χ0n) is 12.3. The van der Waals surface area contributed by atoms with Crippen molar-refractivity contribution in [3.05, 3.63) is 27.7 Å². The van der Waals surface area contributed by atoms with Gasteiger partial charge >= 0.3 is 0 Å². The number of carbonyl (C=O) groups is 2. The zero-order valence-corrected chi connectivity index (χ0v) is 13.8. The molecule has 0 aromatic heterocycles. The fraction of sp³-hybridized carbons (Fsp3) is 0.467. The number of hydrogen-bond donors (Lipinski definition) is 1. The number of hydrogen-bond acceptors (Lipinski definition) is 3. The van der Waals surface area contributed by atoms with Crippen LogP contribution in [0.15, 0.2) is 12.1 Å². The van der Waals surface area contributed by atoms with E-state index >= 15 is 0 Å². The van der Waals surface area contributed by atoms with Crippen molar-refractivity contribution in [3.63, 3.8) is 0 Å². The third kappa shape index (κ3) is 5.56. The molecule has 0 aliphatic carbocycles. The van der Waals surface area contributed by atoms with E-state index in [1.807, 2.05) is 0 Å². The van der Waals surface area contributed by atoms with Crippen LogP contribution in [0.2, 0.25) is 10.0 Å². The Balaban J connectivity index is 2.72. The Hall–Kier alpha value is -1.26. The molecule has 0 spiro atoms. The molecule has 1 rings (SSSR count). The van der Waals surface area contributed by atoms with E-state index in [-0.39, 0.29) is 22.2 Å². The van der Waals surface area contributed by atoms with E-state index in [9.17, 15) is 9.59 Å². The minimum atomic E-state index is -0.755. The lowest BCUT2D eigenvalue weighted by atomic mass is 10.1. The number of benzene rings is 1. The first-order chi connectivity index (χ1) is 9.85. The molecule has 0 bridgehead atoms. The fourth-order valence-corrected chi connectivity index (χ4v) is 2.20. The average molecular weight is 332 g/mol. The predicted molar refractivity (Wildman–Crippen MR) is 84.4 cm³/mol. The monoisotopic (exact) mass is 331 g/mol. The maximum Gasteiger partial charge on any atom is 0.260 e. The van der Waals surface area contributed by atoms with Crippen LogP contribution in [-0.4, -0.2) is 24.8 Å². The molecule has 0 saturated carbocycles. The van der Waals surface area contributed by atoms with Gasteiger partial charge in [0.1, 0.15) is 5.75 Å². The van der Waals surface area contributed by atoms with Gasteiger partial charge in [0.05, 0.1) is 10.6 Å². The third-order valence-electron chi connectivity index (χ3n) is 2.85. The molecule has 1 N–H and O–H groups in total. The van der Waals surface area contributed by atoms with Crippen LogP contribution < -0.4 is 10.1 Å². The van der Waals surface area contributed by atoms with Crippen molar-refractivity contribution in [2.24, 2.45) is 5.92 Å². The minimum Gasteiger partial charge on any atom is -0.479 e. The number of amides is 1. The molecule has 6 heteroatoms. The first kappa shape index (κ1) is 17.8. The second-order valence-electron chi connectivity index (χ2n) is 5.16. The van der Waals surface area contributed by atoms with Crippen LogP contribution >= 0.6 is 23.2 Å². The smallest absolute Gasteiger partial charge is 0.260 e. The van der Waals surface area contributed by atoms with Gasteiger partial charge in [-0.05, 0) is 31.4 Å². The number of aldehydes is 1. The van der Waals surface area contributed by atoms with Crippen molar-refractivity contribution in [2.75, 3.05) is 6.54 Å². The fourth-order valence-electron chi connectivity index (χ4n) is 1.65. The molecule has 21 heavy (non-hydrogen) atoms. The van der Waals surface area contributed by atoms with Crippen molar-refractivity contribution in [3.8, 4) is 5.75 Å². The normalized spacial score (nSPS) is 12.1. The van der Waals surface area contributed by atoms with Crippen LogP contribution in [0, 0.1) is 5.92 Å². The summed E-state index contributed by atoms with van der Waals surface area (Å²) in [5.41, 5.74) is 0.217. The number of halogens is 2. The largest absolute Gasteiger partial charge is 0.479 e. The van der Waals surface area contributed by atoms with Gasteiger partial charge in [-0.2, -0.15) is 0 Å². The summed E-state index contributed by atoms with van der Waals surface area (Å²) in [5, 5.41) is 3.32. The predicted octanol–water partition coefficient (Wildman–Crippen LogP) is 3.74. The van der Waals surface area contributed by atoms with Gasteiger partial charge in [-0.25, -0.2) is 0 Å². The number of carbonyl (C=O) groups excluding carboxylic acids is 2. The topological polar surface area (TPSA) is 55.4 Å². The van der Waals surface area contributed by atoms with Crippen LogP contribution in [0.3, 0.4) is 0 Å². The minimum absolute atomic E-state index is 0.169. The standard InChI is InChI=1S/C15H19Cl2NO3/c1-9(2)4-5-18-15(20)10(3)21-14-11(8-19)6-12(16)7-13(14)17/h6-10H,4-5H2,1-3H3,(H,18,20). The summed E-state index contributed by atoms with van der Waals surface area (Å²) in [5.74, 6) is 0.426. The molecular formula is C15H19Cl2NO3. The molecule has 1 aromatic rings. The molecule has 4 nitrogen and oxygen atoms in total. The van der Waals surface area contributed by atoms with Crippen LogP contribution in [0.5, 0.6) is 5.75 Å². The van der Waals surface area contributed by atoms with E-state index < -0.39 is 6.10 Å². The lowest BCUT2D eigenvalue weighted by Gasteiger charge is -2.17.